The van der Waals surface area contributed by atoms with E-state index in [1.165, 1.54) is 48.5 Å². The number of hydrogen-bond acceptors (Lipinski definition) is 6. The second-order valence-electron chi connectivity index (χ2n) is 5.04. The van der Waals surface area contributed by atoms with Crippen LogP contribution in [-0.4, -0.2) is 29.5 Å². The van der Waals surface area contributed by atoms with Gasteiger partial charge in [-0.15, -0.1) is 0 Å². The fraction of sp³-hybridized carbons (Fsp3) is 0.133. The third-order valence-corrected chi connectivity index (χ3v) is 5.45. The molecule has 2 aromatic carbocycles. The van der Waals surface area contributed by atoms with E-state index in [0.29, 0.717) is 5.69 Å². The topological polar surface area (TPSA) is 145 Å². The maximum Gasteiger partial charge on any atom is 0.411 e. The lowest BCUT2D eigenvalue weighted by molar-refractivity contribution is 0.168. The summed E-state index contributed by atoms with van der Waals surface area (Å²) in [6.45, 7) is 1.88. The highest BCUT2D eigenvalue weighted by Gasteiger charge is 2.15. The first-order valence-corrected chi connectivity index (χ1v) is 10.3. The predicted octanol–water partition coefficient (Wildman–Crippen LogP) is 1.70. The number of amides is 1. The highest BCUT2D eigenvalue weighted by molar-refractivity contribution is 7.92. The van der Waals surface area contributed by atoms with Crippen molar-refractivity contribution >= 4 is 37.5 Å². The van der Waals surface area contributed by atoms with Gasteiger partial charge in [0.2, 0.25) is 10.0 Å². The van der Waals surface area contributed by atoms with Gasteiger partial charge in [0.15, 0.2) is 0 Å². The number of benzene rings is 2. The van der Waals surface area contributed by atoms with Gasteiger partial charge < -0.3 is 4.74 Å². The van der Waals surface area contributed by atoms with Crippen LogP contribution in [0.4, 0.5) is 16.2 Å². The number of nitrogens with one attached hydrogen (secondary N) is 2. The highest BCUT2D eigenvalue weighted by Crippen LogP contribution is 2.19. The number of rotatable bonds is 6. The molecule has 0 heterocycles. The van der Waals surface area contributed by atoms with Gasteiger partial charge in [-0.2, -0.15) is 0 Å². The van der Waals surface area contributed by atoms with Crippen molar-refractivity contribution in [1.29, 1.82) is 0 Å². The number of carbonyl (C=O) groups is 1. The van der Waals surface area contributed by atoms with E-state index in [9.17, 15) is 21.6 Å². The van der Waals surface area contributed by atoms with E-state index in [2.05, 4.69) is 10.0 Å². The Balaban J connectivity index is 2.13. The van der Waals surface area contributed by atoms with Gasteiger partial charge in [0.25, 0.3) is 10.0 Å². The Kier molecular flexibility index (Phi) is 5.85. The maximum atomic E-state index is 12.4. The number of nitrogens with two attached hydrogens (primary N) is 1. The van der Waals surface area contributed by atoms with Crippen LogP contribution in [0.2, 0.25) is 0 Å². The van der Waals surface area contributed by atoms with Gasteiger partial charge in [0.05, 0.1) is 16.4 Å². The summed E-state index contributed by atoms with van der Waals surface area (Å²) >= 11 is 0. The molecule has 0 aliphatic carbocycles. The number of ether oxygens (including phenoxy) is 1. The lowest BCUT2D eigenvalue weighted by Crippen LogP contribution is -2.15. The molecule has 0 atom stereocenters. The van der Waals surface area contributed by atoms with Crippen LogP contribution in [0.3, 0.4) is 0 Å². The normalized spacial score (nSPS) is 11.6. The summed E-state index contributed by atoms with van der Waals surface area (Å²) < 4.78 is 54.1. The second-order valence-corrected chi connectivity index (χ2v) is 8.29. The Labute approximate surface area is 151 Å². The van der Waals surface area contributed by atoms with E-state index in [1.54, 1.807) is 6.92 Å². The van der Waals surface area contributed by atoms with E-state index in [1.807, 2.05) is 0 Å². The van der Waals surface area contributed by atoms with Crippen molar-refractivity contribution < 1.29 is 26.4 Å². The molecule has 0 saturated carbocycles. The maximum absolute atomic E-state index is 12.4. The van der Waals surface area contributed by atoms with Crippen molar-refractivity contribution in [3.63, 3.8) is 0 Å². The summed E-state index contributed by atoms with van der Waals surface area (Å²) in [6.07, 6.45) is -0.642. The summed E-state index contributed by atoms with van der Waals surface area (Å²) in [5.74, 6) is 0. The van der Waals surface area contributed by atoms with Crippen molar-refractivity contribution in [2.75, 3.05) is 16.6 Å². The van der Waals surface area contributed by atoms with Crippen molar-refractivity contribution in [3.05, 3.63) is 48.5 Å². The predicted molar refractivity (Wildman–Crippen MR) is 95.7 cm³/mol. The molecule has 0 spiro atoms. The molecular formula is C15H17N3O6S2. The number of carbonyl (C=O) groups excluding carboxylic acids is 1. The molecule has 26 heavy (non-hydrogen) atoms. The smallest absolute Gasteiger partial charge is 0.411 e. The van der Waals surface area contributed by atoms with Gasteiger partial charge in [0, 0.05) is 11.4 Å². The molecule has 4 N–H and O–H groups in total. The van der Waals surface area contributed by atoms with Gasteiger partial charge in [0.1, 0.15) is 0 Å². The average Bonchev–Trinajstić information content (AvgIpc) is 2.55. The Morgan fingerprint density at radius 2 is 1.42 bits per heavy atom. The SMILES string of the molecule is CCOC(=O)Nc1ccc(S(=O)(=O)Nc2ccc(S(N)(=O)=O)cc2)cc1. The van der Waals surface area contributed by atoms with E-state index in [0.717, 1.165) is 0 Å². The molecule has 11 heteroatoms. The minimum atomic E-state index is -3.89. The van der Waals surface area contributed by atoms with Crippen LogP contribution in [0.5, 0.6) is 0 Å². The van der Waals surface area contributed by atoms with Gasteiger partial charge in [-0.3, -0.25) is 10.0 Å². The largest absolute Gasteiger partial charge is 0.450 e. The zero-order valence-electron chi connectivity index (χ0n) is 13.7. The zero-order valence-corrected chi connectivity index (χ0v) is 15.3. The van der Waals surface area contributed by atoms with Gasteiger partial charge in [-0.25, -0.2) is 26.8 Å². The summed E-state index contributed by atoms with van der Waals surface area (Å²) in [6, 6.07) is 10.4. The number of hydrogen-bond donors (Lipinski definition) is 3. The molecule has 1 amide bonds. The molecule has 0 unspecified atom stereocenters. The average molecular weight is 399 g/mol. The first kappa shape index (κ1) is 19.7. The fourth-order valence-corrected chi connectivity index (χ4v) is 3.50. The third kappa shape index (κ3) is 5.18. The summed E-state index contributed by atoms with van der Waals surface area (Å²) in [7, 11) is -7.75. The Morgan fingerprint density at radius 1 is 0.923 bits per heavy atom. The van der Waals surface area contributed by atoms with Crippen molar-refractivity contribution in [2.24, 2.45) is 5.14 Å². The first-order chi connectivity index (χ1) is 12.1. The van der Waals surface area contributed by atoms with Crippen LogP contribution in [0.1, 0.15) is 6.92 Å². The molecule has 2 rings (SSSR count). The van der Waals surface area contributed by atoms with E-state index in [-0.39, 0.29) is 22.1 Å². The van der Waals surface area contributed by atoms with Crippen molar-refractivity contribution in [2.45, 2.75) is 16.7 Å². The van der Waals surface area contributed by atoms with E-state index < -0.39 is 26.1 Å². The van der Waals surface area contributed by atoms with Crippen molar-refractivity contribution in [1.82, 2.24) is 0 Å². The lowest BCUT2D eigenvalue weighted by Gasteiger charge is -2.10. The Bertz CT molecular complexity index is 985. The van der Waals surface area contributed by atoms with Crippen LogP contribution >= 0.6 is 0 Å². The van der Waals surface area contributed by atoms with Crippen LogP contribution in [0.15, 0.2) is 58.3 Å². The molecule has 0 fully saturated rings. The van der Waals surface area contributed by atoms with E-state index in [4.69, 9.17) is 9.88 Å². The molecule has 0 bridgehead atoms. The minimum absolute atomic E-state index is 0.0394. The van der Waals surface area contributed by atoms with Crippen LogP contribution in [0.25, 0.3) is 0 Å². The molecule has 140 valence electrons. The Morgan fingerprint density at radius 3 is 1.92 bits per heavy atom. The third-order valence-electron chi connectivity index (χ3n) is 3.12. The van der Waals surface area contributed by atoms with Crippen LogP contribution < -0.4 is 15.2 Å². The summed E-state index contributed by atoms with van der Waals surface area (Å²) in [4.78, 5) is 11.1. The van der Waals surface area contributed by atoms with Gasteiger partial charge in [-0.05, 0) is 55.5 Å². The quantitative estimate of drug-likeness (QED) is 0.674. The molecule has 2 aromatic rings. The highest BCUT2D eigenvalue weighted by atomic mass is 32.2. The van der Waals surface area contributed by atoms with Gasteiger partial charge in [-0.1, -0.05) is 0 Å². The molecule has 0 aromatic heterocycles. The summed E-state index contributed by atoms with van der Waals surface area (Å²) in [5, 5.41) is 7.43. The Hall–Kier alpha value is -2.63. The minimum Gasteiger partial charge on any atom is -0.450 e. The van der Waals surface area contributed by atoms with E-state index >= 15 is 0 Å². The van der Waals surface area contributed by atoms with Crippen LogP contribution in [0, 0.1) is 0 Å². The number of primary sulfonamides is 1. The molecule has 0 aliphatic heterocycles. The van der Waals surface area contributed by atoms with Gasteiger partial charge >= 0.3 is 6.09 Å². The first-order valence-electron chi connectivity index (χ1n) is 7.31. The number of sulfonamides is 2. The molecule has 0 radical (unpaired) electrons. The molecular weight excluding hydrogens is 382 g/mol. The standard InChI is InChI=1S/C15H17N3O6S2/c1-2-24-15(19)17-11-3-9-14(10-4-11)26(22,23)18-12-5-7-13(8-6-12)25(16,20)21/h3-10,18H,2H2,1H3,(H,17,19)(H2,16,20,21). The molecule has 0 aliphatic rings. The lowest BCUT2D eigenvalue weighted by atomic mass is 10.3. The van der Waals surface area contributed by atoms with Crippen LogP contribution in [-0.2, 0) is 24.8 Å². The zero-order chi connectivity index (χ0) is 19.4. The second kappa shape index (κ2) is 7.72. The fourth-order valence-electron chi connectivity index (χ4n) is 1.93. The van der Waals surface area contributed by atoms with Crippen molar-refractivity contribution in [3.8, 4) is 0 Å². The summed E-state index contributed by atoms with van der Waals surface area (Å²) in [5.41, 5.74) is 0.547. The molecule has 0 saturated heterocycles. The monoisotopic (exact) mass is 399 g/mol. The molecule has 9 nitrogen and oxygen atoms in total. The number of anilines is 2.